The lowest BCUT2D eigenvalue weighted by molar-refractivity contribution is -0.112. The molecule has 2 aromatic rings. The van der Waals surface area contributed by atoms with Crippen molar-refractivity contribution in [1.29, 1.82) is 0 Å². The Hall–Kier alpha value is -2.49. The molecule has 0 aliphatic heterocycles. The summed E-state index contributed by atoms with van der Waals surface area (Å²) >= 11 is 0. The minimum Gasteiger partial charge on any atom is -0.394 e. The Balaban J connectivity index is 1.45. The molecule has 4 rings (SSSR count). The van der Waals surface area contributed by atoms with Crippen LogP contribution in [0.25, 0.3) is 11.1 Å². The van der Waals surface area contributed by atoms with Crippen LogP contribution >= 0.6 is 0 Å². The number of carbonyl (C=O) groups excluding carboxylic acids is 1. The molecule has 2 aliphatic carbocycles. The maximum Gasteiger partial charge on any atom is 0.168 e. The maximum absolute atomic E-state index is 13.1. The fraction of sp³-hybridized carbons (Fsp3) is 0.469. The maximum atomic E-state index is 13.1. The lowest BCUT2D eigenvalue weighted by Crippen LogP contribution is -2.16. The van der Waals surface area contributed by atoms with E-state index in [9.17, 15) is 4.79 Å². The third kappa shape index (κ3) is 6.59. The molecule has 0 saturated heterocycles. The normalized spacial score (nSPS) is 21.8. The smallest absolute Gasteiger partial charge is 0.168 e. The number of allylic oxidation sites excluding steroid dienone is 4. The van der Waals surface area contributed by atoms with Crippen molar-refractivity contribution in [3.05, 3.63) is 82.4 Å². The number of ketones is 1. The summed E-state index contributed by atoms with van der Waals surface area (Å²) in [7, 11) is 0. The number of fused-ring (bicyclic) bond motifs is 1. The Morgan fingerprint density at radius 1 is 1.00 bits per heavy atom. The lowest BCUT2D eigenvalue weighted by Gasteiger charge is -2.28. The van der Waals surface area contributed by atoms with Crippen LogP contribution in [0, 0.1) is 18.8 Å². The highest BCUT2D eigenvalue weighted by atomic mass is 16.5. The van der Waals surface area contributed by atoms with E-state index in [1.807, 2.05) is 0 Å². The fourth-order valence-corrected chi connectivity index (χ4v) is 5.86. The van der Waals surface area contributed by atoms with Gasteiger partial charge in [0.05, 0.1) is 13.2 Å². The largest absolute Gasteiger partial charge is 0.394 e. The number of benzene rings is 2. The van der Waals surface area contributed by atoms with Gasteiger partial charge >= 0.3 is 0 Å². The summed E-state index contributed by atoms with van der Waals surface area (Å²) in [5.74, 6) is 1.79. The standard InChI is InChI=1S/C32H40O3/c1-23-11-16-30-28(21-23)22-31(34)32(30)24(2)29(27-8-4-3-5-9-27)10-6-7-25-12-14-26(15-13-25)17-19-35-20-18-33/h3-5,8-11,16,21,25-26,33H,6-7,12-15,17-20,22H2,1-2H3/b29-10+,32-24+. The molecular weight excluding hydrogens is 432 g/mol. The predicted molar refractivity (Wildman–Crippen MR) is 144 cm³/mol. The second-order valence-corrected chi connectivity index (χ2v) is 10.3. The Labute approximate surface area is 210 Å². The highest BCUT2D eigenvalue weighted by molar-refractivity contribution is 6.28. The number of rotatable bonds is 10. The summed E-state index contributed by atoms with van der Waals surface area (Å²) in [5, 5.41) is 8.85. The van der Waals surface area contributed by atoms with Gasteiger partial charge in [-0.25, -0.2) is 0 Å². The van der Waals surface area contributed by atoms with E-state index in [0.717, 1.165) is 53.6 Å². The third-order valence-electron chi connectivity index (χ3n) is 7.82. The molecule has 2 aliphatic rings. The molecule has 1 saturated carbocycles. The van der Waals surface area contributed by atoms with E-state index in [1.165, 1.54) is 48.8 Å². The lowest BCUT2D eigenvalue weighted by atomic mass is 9.78. The molecule has 0 aromatic heterocycles. The summed E-state index contributed by atoms with van der Waals surface area (Å²) in [6.45, 7) is 5.56. The van der Waals surface area contributed by atoms with Gasteiger partial charge in [-0.3, -0.25) is 4.79 Å². The average Bonchev–Trinajstić information content (AvgIpc) is 3.20. The van der Waals surface area contributed by atoms with Crippen molar-refractivity contribution in [2.75, 3.05) is 19.8 Å². The molecule has 3 nitrogen and oxygen atoms in total. The number of ether oxygens (including phenoxy) is 1. The Morgan fingerprint density at radius 3 is 2.43 bits per heavy atom. The molecule has 35 heavy (non-hydrogen) atoms. The molecular formula is C32H40O3. The topological polar surface area (TPSA) is 46.5 Å². The van der Waals surface area contributed by atoms with Crippen molar-refractivity contribution in [3.8, 4) is 0 Å². The van der Waals surface area contributed by atoms with Crippen LogP contribution in [0.15, 0.2) is 60.2 Å². The Morgan fingerprint density at radius 2 is 1.71 bits per heavy atom. The Bertz CT molecular complexity index is 1060. The van der Waals surface area contributed by atoms with Gasteiger partial charge in [-0.2, -0.15) is 0 Å². The Kier molecular flexibility index (Phi) is 9.12. The molecule has 186 valence electrons. The first-order chi connectivity index (χ1) is 17.1. The van der Waals surface area contributed by atoms with Crippen molar-refractivity contribution >= 4 is 16.9 Å². The monoisotopic (exact) mass is 472 g/mol. The molecule has 1 N–H and O–H groups in total. The van der Waals surface area contributed by atoms with E-state index in [0.29, 0.717) is 13.0 Å². The highest BCUT2D eigenvalue weighted by Gasteiger charge is 2.27. The zero-order valence-corrected chi connectivity index (χ0v) is 21.4. The van der Waals surface area contributed by atoms with Crippen LogP contribution in [0.2, 0.25) is 0 Å². The first-order valence-corrected chi connectivity index (χ1v) is 13.3. The van der Waals surface area contributed by atoms with Gasteiger partial charge in [0.1, 0.15) is 0 Å². The van der Waals surface area contributed by atoms with E-state index >= 15 is 0 Å². The number of aryl methyl sites for hydroxylation is 1. The summed E-state index contributed by atoms with van der Waals surface area (Å²) in [6.07, 6.45) is 11.4. The molecule has 0 heterocycles. The molecule has 0 radical (unpaired) electrons. The molecule has 3 heteroatoms. The third-order valence-corrected chi connectivity index (χ3v) is 7.82. The van der Waals surface area contributed by atoms with Gasteiger partial charge in [-0.05, 0) is 72.8 Å². The molecule has 0 amide bonds. The highest BCUT2D eigenvalue weighted by Crippen LogP contribution is 2.38. The van der Waals surface area contributed by atoms with Crippen LogP contribution in [0.5, 0.6) is 0 Å². The van der Waals surface area contributed by atoms with Gasteiger partial charge in [0.2, 0.25) is 0 Å². The van der Waals surface area contributed by atoms with Gasteiger partial charge in [0.25, 0.3) is 0 Å². The van der Waals surface area contributed by atoms with Crippen molar-refractivity contribution in [3.63, 3.8) is 0 Å². The minimum absolute atomic E-state index is 0.113. The van der Waals surface area contributed by atoms with Crippen LogP contribution in [0.3, 0.4) is 0 Å². The molecule has 0 bridgehead atoms. The summed E-state index contributed by atoms with van der Waals surface area (Å²) in [5.41, 5.74) is 7.89. The molecule has 1 fully saturated rings. The van der Waals surface area contributed by atoms with Gasteiger partial charge in [0.15, 0.2) is 5.78 Å². The average molecular weight is 473 g/mol. The van der Waals surface area contributed by atoms with Crippen LogP contribution in [-0.4, -0.2) is 30.7 Å². The first kappa shape index (κ1) is 25.6. The number of aliphatic hydroxyl groups excluding tert-OH is 1. The number of carbonyl (C=O) groups is 1. The van der Waals surface area contributed by atoms with E-state index in [-0.39, 0.29) is 12.4 Å². The van der Waals surface area contributed by atoms with E-state index in [1.54, 1.807) is 0 Å². The first-order valence-electron chi connectivity index (χ1n) is 13.3. The van der Waals surface area contributed by atoms with E-state index < -0.39 is 0 Å². The quantitative estimate of drug-likeness (QED) is 0.300. The van der Waals surface area contributed by atoms with Crippen molar-refractivity contribution in [1.82, 2.24) is 0 Å². The second-order valence-electron chi connectivity index (χ2n) is 10.3. The van der Waals surface area contributed by atoms with Crippen LogP contribution in [0.4, 0.5) is 0 Å². The van der Waals surface area contributed by atoms with Crippen LogP contribution < -0.4 is 0 Å². The zero-order valence-electron chi connectivity index (χ0n) is 21.4. The van der Waals surface area contributed by atoms with Gasteiger partial charge < -0.3 is 9.84 Å². The van der Waals surface area contributed by atoms with Gasteiger partial charge in [0, 0.05) is 18.6 Å². The summed E-state index contributed by atoms with van der Waals surface area (Å²) in [4.78, 5) is 13.1. The molecule has 0 unspecified atom stereocenters. The number of hydrogen-bond acceptors (Lipinski definition) is 3. The molecule has 2 aromatic carbocycles. The van der Waals surface area contributed by atoms with Gasteiger partial charge in [-0.1, -0.05) is 85.9 Å². The SMILES string of the molecule is CC(/C(=C\CCC1CCC(CCOCCO)CC1)c1ccccc1)=C1\C(=O)Cc2cc(C)ccc21. The predicted octanol–water partition coefficient (Wildman–Crippen LogP) is 6.96. The summed E-state index contributed by atoms with van der Waals surface area (Å²) < 4.78 is 5.46. The fourth-order valence-electron chi connectivity index (χ4n) is 5.86. The number of hydrogen-bond donors (Lipinski definition) is 1. The van der Waals surface area contributed by atoms with E-state index in [4.69, 9.17) is 9.84 Å². The van der Waals surface area contributed by atoms with Gasteiger partial charge in [-0.15, -0.1) is 0 Å². The van der Waals surface area contributed by atoms with E-state index in [2.05, 4.69) is 68.5 Å². The summed E-state index contributed by atoms with van der Waals surface area (Å²) in [6, 6.07) is 17.0. The molecule has 0 spiro atoms. The van der Waals surface area contributed by atoms with Crippen LogP contribution in [-0.2, 0) is 16.0 Å². The second kappa shape index (κ2) is 12.5. The van der Waals surface area contributed by atoms with Crippen molar-refractivity contribution < 1.29 is 14.6 Å². The van der Waals surface area contributed by atoms with Crippen molar-refractivity contribution in [2.24, 2.45) is 11.8 Å². The number of Topliss-reactive ketones (excluding diaryl/α,β-unsaturated/α-hetero) is 1. The van der Waals surface area contributed by atoms with Crippen molar-refractivity contribution in [2.45, 2.75) is 65.2 Å². The minimum atomic E-state index is 0.113. The van der Waals surface area contributed by atoms with Crippen LogP contribution in [0.1, 0.15) is 74.1 Å². The molecule has 0 atom stereocenters. The number of aliphatic hydroxyl groups is 1. The zero-order chi connectivity index (χ0) is 24.6.